The molecule has 0 unspecified atom stereocenters. The van der Waals surface area contributed by atoms with Crippen LogP contribution < -0.4 is 20.7 Å². The van der Waals surface area contributed by atoms with Crippen LogP contribution >= 0.6 is 7.60 Å². The number of nitrogens with zero attached hydrogens (tertiary/aromatic N) is 5. The number of aryl methyl sites for hydroxylation is 1. The Morgan fingerprint density at radius 2 is 1.96 bits per heavy atom. The van der Waals surface area contributed by atoms with Crippen LogP contribution in [0.25, 0.3) is 11.3 Å². The molecule has 244 valence electrons. The van der Waals surface area contributed by atoms with Crippen LogP contribution in [-0.2, 0) is 32.5 Å². The molecule has 13 nitrogen and oxygen atoms in total. The van der Waals surface area contributed by atoms with E-state index < -0.39 is 37.2 Å². The second kappa shape index (κ2) is 13.4. The van der Waals surface area contributed by atoms with Crippen molar-refractivity contribution in [2.75, 3.05) is 31.4 Å². The van der Waals surface area contributed by atoms with Gasteiger partial charge >= 0.3 is 13.8 Å². The maximum Gasteiger partial charge on any atom is 0.421 e. The number of rotatable bonds is 4. The van der Waals surface area contributed by atoms with Gasteiger partial charge in [-0.25, -0.2) is 9.97 Å². The molecule has 46 heavy (non-hydrogen) atoms. The van der Waals surface area contributed by atoms with Crippen LogP contribution in [0.1, 0.15) is 41.9 Å². The van der Waals surface area contributed by atoms with Gasteiger partial charge in [-0.3, -0.25) is 14.0 Å². The first-order chi connectivity index (χ1) is 21.9. The lowest BCUT2D eigenvalue weighted by Crippen LogP contribution is -2.21. The predicted octanol–water partition coefficient (Wildman–Crippen LogP) is 6.15. The number of methoxy groups -OCH3 is 1. The van der Waals surface area contributed by atoms with Crippen LogP contribution in [0.4, 0.5) is 36.3 Å². The topological polar surface area (TPSA) is 154 Å². The Morgan fingerprint density at radius 3 is 2.67 bits per heavy atom. The van der Waals surface area contributed by atoms with Gasteiger partial charge in [0.2, 0.25) is 5.95 Å². The fraction of sp³-hybridized carbons (Fsp3) is 0.345. The largest absolute Gasteiger partial charge is 0.495 e. The van der Waals surface area contributed by atoms with E-state index >= 15 is 0 Å². The first-order valence-corrected chi connectivity index (χ1v) is 16.0. The number of anilines is 4. The van der Waals surface area contributed by atoms with Gasteiger partial charge in [0.1, 0.15) is 17.1 Å². The van der Waals surface area contributed by atoms with Crippen molar-refractivity contribution in [3.63, 3.8) is 0 Å². The predicted molar refractivity (Wildman–Crippen MR) is 164 cm³/mol. The van der Waals surface area contributed by atoms with E-state index in [4.69, 9.17) is 13.8 Å². The quantitative estimate of drug-likeness (QED) is 0.216. The second-order valence-electron chi connectivity index (χ2n) is 10.3. The summed E-state index contributed by atoms with van der Waals surface area (Å²) < 4.78 is 74.7. The number of hydrogen-bond acceptors (Lipinski definition) is 11. The Labute approximate surface area is 262 Å². The van der Waals surface area contributed by atoms with E-state index in [1.807, 2.05) is 0 Å². The number of hydrogen-bond donors (Lipinski definition) is 3. The van der Waals surface area contributed by atoms with Crippen LogP contribution in [0.2, 0.25) is 0 Å². The highest BCUT2D eigenvalue weighted by atomic mass is 31.2. The zero-order valence-electron chi connectivity index (χ0n) is 25.4. The Kier molecular flexibility index (Phi) is 9.60. The third kappa shape index (κ3) is 7.46. The molecule has 0 saturated carbocycles. The number of amides is 1. The highest BCUT2D eigenvalue weighted by Gasteiger charge is 2.36. The van der Waals surface area contributed by atoms with Gasteiger partial charge in [-0.05, 0) is 50.1 Å². The summed E-state index contributed by atoms with van der Waals surface area (Å²) in [4.78, 5) is 25.3. The van der Waals surface area contributed by atoms with Crippen molar-refractivity contribution >= 4 is 36.6 Å². The fourth-order valence-electron chi connectivity index (χ4n) is 4.74. The average molecular weight is 661 g/mol. The molecule has 17 heteroatoms. The highest BCUT2D eigenvalue weighted by molar-refractivity contribution is 7.53. The van der Waals surface area contributed by atoms with Crippen molar-refractivity contribution in [1.82, 2.24) is 30.0 Å². The lowest BCUT2D eigenvalue weighted by molar-refractivity contribution is -0.137. The molecule has 4 aliphatic heterocycles. The molecule has 7 heterocycles. The Hall–Kier alpha value is -4.53. The molecule has 0 saturated heterocycles. The molecule has 8 rings (SSSR count). The van der Waals surface area contributed by atoms with Gasteiger partial charge in [0, 0.05) is 31.5 Å². The minimum Gasteiger partial charge on any atom is -0.495 e. The van der Waals surface area contributed by atoms with E-state index in [2.05, 4.69) is 36.0 Å². The smallest absolute Gasteiger partial charge is 0.421 e. The average Bonchev–Trinajstić information content (AvgIpc) is 3.49. The molecular weight excluding hydrogens is 628 g/mol. The van der Waals surface area contributed by atoms with Crippen molar-refractivity contribution in [3.8, 4) is 17.0 Å². The lowest BCUT2D eigenvalue weighted by Gasteiger charge is -2.23. The summed E-state index contributed by atoms with van der Waals surface area (Å²) in [5.74, 6) is -1.16. The van der Waals surface area contributed by atoms with Crippen molar-refractivity contribution in [3.05, 3.63) is 65.7 Å². The van der Waals surface area contributed by atoms with Crippen LogP contribution in [0.5, 0.6) is 5.75 Å². The molecule has 1 aromatic carbocycles. The molecule has 0 aliphatic carbocycles. The molecule has 2 atom stereocenters. The Balaban J connectivity index is 1.64. The van der Waals surface area contributed by atoms with E-state index in [-0.39, 0.29) is 35.8 Å². The molecule has 4 aromatic rings. The number of alkyl halides is 3. The lowest BCUT2D eigenvalue weighted by atomic mass is 10.1. The van der Waals surface area contributed by atoms with Gasteiger partial charge in [0.25, 0.3) is 5.91 Å². The SMILES string of the molecule is CCO[P@@]1(=O)Cc2ccc(c(OC)c2)Nc2ncc(C(F)(F)F)c(n2)Nc2ccc(nc2C(=O)NC)-c2cnn(c2)CC[C@H](C)O1. The number of benzene rings is 1. The third-order valence-electron chi connectivity index (χ3n) is 6.93. The van der Waals surface area contributed by atoms with E-state index in [0.717, 1.165) is 0 Å². The van der Waals surface area contributed by atoms with E-state index in [9.17, 15) is 22.5 Å². The summed E-state index contributed by atoms with van der Waals surface area (Å²) in [6, 6.07) is 7.86. The first kappa shape index (κ1) is 32.9. The minimum absolute atomic E-state index is 0.0144. The zero-order chi connectivity index (χ0) is 33.1. The first-order valence-electron chi connectivity index (χ1n) is 14.2. The van der Waals surface area contributed by atoms with Gasteiger partial charge in [0.15, 0.2) is 5.69 Å². The van der Waals surface area contributed by atoms with Crippen LogP contribution in [0.15, 0.2) is 48.9 Å². The normalized spacial score (nSPS) is 18.5. The van der Waals surface area contributed by atoms with Gasteiger partial charge in [0.05, 0.1) is 49.2 Å². The number of carbonyl (C=O) groups excluding carboxylic acids is 1. The van der Waals surface area contributed by atoms with E-state index in [0.29, 0.717) is 41.7 Å². The van der Waals surface area contributed by atoms with E-state index in [1.54, 1.807) is 55.2 Å². The summed E-state index contributed by atoms with van der Waals surface area (Å²) in [7, 11) is -0.813. The maximum absolute atomic E-state index is 14.1. The zero-order valence-corrected chi connectivity index (χ0v) is 26.3. The number of pyridine rings is 1. The van der Waals surface area contributed by atoms with Gasteiger partial charge in [-0.1, -0.05) is 6.07 Å². The number of halogens is 3. The summed E-state index contributed by atoms with van der Waals surface area (Å²) in [5.41, 5.74) is 0.492. The van der Waals surface area contributed by atoms with Crippen molar-refractivity contribution in [2.24, 2.45) is 0 Å². The number of aromatic nitrogens is 5. The molecular formula is C29H32F3N8O5P. The van der Waals surface area contributed by atoms with Gasteiger partial charge < -0.3 is 29.7 Å². The third-order valence-corrected chi connectivity index (χ3v) is 9.02. The van der Waals surface area contributed by atoms with Crippen LogP contribution in [-0.4, -0.2) is 57.5 Å². The number of ether oxygens (including phenoxy) is 1. The van der Waals surface area contributed by atoms with Crippen LogP contribution in [0.3, 0.4) is 0 Å². The fourth-order valence-corrected chi connectivity index (χ4v) is 6.65. The molecule has 4 aliphatic rings. The Morgan fingerprint density at radius 1 is 1.17 bits per heavy atom. The Bertz CT molecular complexity index is 1780. The molecule has 3 N–H and O–H groups in total. The van der Waals surface area contributed by atoms with Gasteiger partial charge in [-0.15, -0.1) is 0 Å². The standard InChI is InChI=1S/C29H32F3N8O5P/c1-5-44-46(42)16-18-6-7-22(24(12-18)43-4)38-28-34-14-20(29(30,31)32)26(39-28)37-23-9-8-21(36-25(23)27(41)33-3)19-13-35-40(15-19)11-10-17(2)45-46/h6-9,12-15,17H,5,10-11,16H2,1-4H3,(H,33,41)(H2,34,37,38,39)/t17-,46-/m0/s1. The maximum atomic E-state index is 14.1. The monoisotopic (exact) mass is 660 g/mol. The van der Waals surface area contributed by atoms with Crippen molar-refractivity contribution < 1.29 is 36.3 Å². The minimum atomic E-state index is -4.83. The molecule has 8 bridgehead atoms. The van der Waals surface area contributed by atoms with Crippen LogP contribution in [0, 0.1) is 0 Å². The summed E-state index contributed by atoms with van der Waals surface area (Å²) >= 11 is 0. The molecule has 0 radical (unpaired) electrons. The molecule has 0 fully saturated rings. The van der Waals surface area contributed by atoms with Gasteiger partial charge in [-0.2, -0.15) is 23.3 Å². The molecule has 0 spiro atoms. The number of carbonyl (C=O) groups is 1. The molecule has 1 amide bonds. The van der Waals surface area contributed by atoms with Crippen molar-refractivity contribution in [2.45, 2.75) is 45.3 Å². The summed E-state index contributed by atoms with van der Waals surface area (Å²) in [6.07, 6.45) is -0.993. The highest BCUT2D eigenvalue weighted by Crippen LogP contribution is 2.53. The summed E-state index contributed by atoms with van der Waals surface area (Å²) in [6.45, 7) is 4.08. The van der Waals surface area contributed by atoms with Crippen molar-refractivity contribution in [1.29, 1.82) is 0 Å². The second-order valence-corrected chi connectivity index (χ2v) is 12.3. The summed E-state index contributed by atoms with van der Waals surface area (Å²) in [5, 5.41) is 12.3. The number of nitrogens with one attached hydrogen (secondary N) is 3. The molecule has 3 aromatic heterocycles. The van der Waals surface area contributed by atoms with E-state index in [1.165, 1.54) is 20.2 Å².